The van der Waals surface area contributed by atoms with Gasteiger partial charge in [0.25, 0.3) is 15.9 Å². The molecule has 0 bridgehead atoms. The number of pyridine rings is 1. The fourth-order valence-corrected chi connectivity index (χ4v) is 5.65. The number of nitrogens with zero attached hydrogens (tertiary/aromatic N) is 3. The van der Waals surface area contributed by atoms with Gasteiger partial charge in [-0.15, -0.1) is 0 Å². The highest BCUT2D eigenvalue weighted by Crippen LogP contribution is 2.48. The van der Waals surface area contributed by atoms with Gasteiger partial charge in [-0.1, -0.05) is 0 Å². The van der Waals surface area contributed by atoms with Gasteiger partial charge in [-0.2, -0.15) is 5.26 Å². The quantitative estimate of drug-likeness (QED) is 0.504. The summed E-state index contributed by atoms with van der Waals surface area (Å²) in [6.45, 7) is 1.88. The molecule has 2 N–H and O–H groups in total. The van der Waals surface area contributed by atoms with Crippen LogP contribution in [0.25, 0.3) is 0 Å². The van der Waals surface area contributed by atoms with E-state index >= 15 is 0 Å². The largest absolute Gasteiger partial charge is 0.497 e. The zero-order chi connectivity index (χ0) is 26.3. The molecule has 0 radical (unpaired) electrons. The number of aromatic nitrogens is 1. The van der Waals surface area contributed by atoms with Crippen molar-refractivity contribution in [1.29, 1.82) is 5.26 Å². The van der Waals surface area contributed by atoms with E-state index in [9.17, 15) is 22.9 Å². The zero-order valence-electron chi connectivity index (χ0n) is 19.5. The molecule has 186 valence electrons. The number of amides is 1. The molecule has 0 aliphatic carbocycles. The summed E-state index contributed by atoms with van der Waals surface area (Å²) in [4.78, 5) is 17.7. The number of halogens is 1. The lowest BCUT2D eigenvalue weighted by atomic mass is 9.84. The molecule has 2 aromatic carbocycles. The van der Waals surface area contributed by atoms with Crippen molar-refractivity contribution in [3.8, 4) is 23.4 Å². The summed E-state index contributed by atoms with van der Waals surface area (Å²) in [7, 11) is -2.05. The average Bonchev–Trinajstić information content (AvgIpc) is 3.10. The number of hydrogen-bond donors (Lipinski definition) is 1. The summed E-state index contributed by atoms with van der Waals surface area (Å²) in [5.41, 5.74) is 3.68. The van der Waals surface area contributed by atoms with Crippen molar-refractivity contribution in [3.05, 3.63) is 71.2 Å². The molecule has 1 unspecified atom stereocenters. The van der Waals surface area contributed by atoms with Gasteiger partial charge < -0.3 is 19.9 Å². The van der Waals surface area contributed by atoms with Crippen molar-refractivity contribution in [3.63, 3.8) is 0 Å². The van der Waals surface area contributed by atoms with Crippen molar-refractivity contribution in [2.45, 2.75) is 17.4 Å². The predicted octanol–water partition coefficient (Wildman–Crippen LogP) is 2.45. The van der Waals surface area contributed by atoms with E-state index in [0.717, 1.165) is 12.1 Å². The minimum absolute atomic E-state index is 0.00842. The van der Waals surface area contributed by atoms with Gasteiger partial charge in [0, 0.05) is 29.5 Å². The van der Waals surface area contributed by atoms with Crippen LogP contribution in [0.3, 0.4) is 0 Å². The van der Waals surface area contributed by atoms with Crippen molar-refractivity contribution in [1.82, 2.24) is 4.98 Å². The lowest BCUT2D eigenvalue weighted by Crippen LogP contribution is -2.50. The molecule has 1 aliphatic heterocycles. The molecule has 36 heavy (non-hydrogen) atoms. The van der Waals surface area contributed by atoms with Gasteiger partial charge in [-0.25, -0.2) is 22.1 Å². The van der Waals surface area contributed by atoms with Crippen LogP contribution < -0.4 is 24.2 Å². The van der Waals surface area contributed by atoms with Crippen LogP contribution in [0.15, 0.2) is 53.6 Å². The Balaban J connectivity index is 2.03. The molecule has 12 heteroatoms. The van der Waals surface area contributed by atoms with E-state index in [1.54, 1.807) is 13.0 Å². The Bertz CT molecular complexity index is 1520. The van der Waals surface area contributed by atoms with Gasteiger partial charge in [0.05, 0.1) is 32.1 Å². The fourth-order valence-electron chi connectivity index (χ4n) is 4.05. The molecule has 4 rings (SSSR count). The predicted molar refractivity (Wildman–Crippen MR) is 126 cm³/mol. The van der Waals surface area contributed by atoms with E-state index in [1.807, 2.05) is 0 Å². The number of hydrogen-bond acceptors (Lipinski definition) is 9. The molecule has 1 amide bonds. The number of ether oxygens (including phenoxy) is 3. The molecule has 3 aromatic rings. The van der Waals surface area contributed by atoms with Gasteiger partial charge in [-0.05, 0) is 37.3 Å². The molecule has 1 aliphatic rings. The molecule has 1 aromatic heterocycles. The van der Waals surface area contributed by atoms with Crippen molar-refractivity contribution in [2.75, 3.05) is 25.1 Å². The smallest absolute Gasteiger partial charge is 0.274 e. The van der Waals surface area contributed by atoms with Crippen LogP contribution in [0, 0.1) is 17.1 Å². The van der Waals surface area contributed by atoms with Crippen molar-refractivity contribution in [2.24, 2.45) is 5.73 Å². The number of carbonyl (C=O) groups is 1. The summed E-state index contributed by atoms with van der Waals surface area (Å²) in [6.07, 6.45) is 1.42. The van der Waals surface area contributed by atoms with Crippen molar-refractivity contribution < 1.29 is 31.8 Å². The number of methoxy groups -OCH3 is 2. The number of anilines is 1. The van der Waals surface area contributed by atoms with Gasteiger partial charge in [-0.3, -0.25) is 4.79 Å². The summed E-state index contributed by atoms with van der Waals surface area (Å²) in [5.74, 6) is -1.94. The lowest BCUT2D eigenvalue weighted by Gasteiger charge is -2.26. The standard InChI is InChI=1S/C24H21FN4O6S/c1-4-35-22-16(6-5-9-28-22)24(27)17-10-14(13-26)18(25)12-19(17)29(23(24)30)36(31,32)21-8-7-15(33-2)11-20(21)34-3/h5-12H,4,27H2,1-3H3. The highest BCUT2D eigenvalue weighted by atomic mass is 32.2. The number of fused-ring (bicyclic) bond motifs is 1. The molecular formula is C24H21FN4O6S. The maximum atomic E-state index is 14.8. The molecule has 0 saturated heterocycles. The second kappa shape index (κ2) is 9.10. The minimum atomic E-state index is -4.70. The van der Waals surface area contributed by atoms with Crippen LogP contribution in [0.1, 0.15) is 23.6 Å². The average molecular weight is 513 g/mol. The normalized spacial score (nSPS) is 16.9. The number of rotatable bonds is 7. The van der Waals surface area contributed by atoms with E-state index in [1.165, 1.54) is 50.7 Å². The topological polar surface area (TPSA) is 145 Å². The second-order valence-corrected chi connectivity index (χ2v) is 9.40. The van der Waals surface area contributed by atoms with Crippen LogP contribution in [0.5, 0.6) is 17.4 Å². The van der Waals surface area contributed by atoms with Gasteiger partial charge >= 0.3 is 0 Å². The third-order valence-electron chi connectivity index (χ3n) is 5.74. The van der Waals surface area contributed by atoms with Gasteiger partial charge in [0.15, 0.2) is 5.54 Å². The molecule has 0 spiro atoms. The van der Waals surface area contributed by atoms with Gasteiger partial charge in [0.1, 0.15) is 28.3 Å². The number of carbonyl (C=O) groups excluding carboxylic acids is 1. The molecule has 0 saturated carbocycles. The lowest BCUT2D eigenvalue weighted by molar-refractivity contribution is -0.120. The zero-order valence-corrected chi connectivity index (χ0v) is 20.3. The molecule has 10 nitrogen and oxygen atoms in total. The van der Waals surface area contributed by atoms with Crippen LogP contribution in [-0.2, 0) is 20.4 Å². The first-order chi connectivity index (χ1) is 17.1. The summed E-state index contributed by atoms with van der Waals surface area (Å²) in [6, 6.07) is 10.4. The third-order valence-corrected chi connectivity index (χ3v) is 7.47. The maximum absolute atomic E-state index is 14.8. The van der Waals surface area contributed by atoms with Crippen LogP contribution in [0.2, 0.25) is 0 Å². The number of nitriles is 1. The first-order valence-electron chi connectivity index (χ1n) is 10.6. The van der Waals surface area contributed by atoms with E-state index < -0.39 is 32.9 Å². The Hall–Kier alpha value is -4.21. The highest BCUT2D eigenvalue weighted by Gasteiger charge is 2.56. The third kappa shape index (κ3) is 3.60. The Morgan fingerprint density at radius 2 is 1.92 bits per heavy atom. The number of sulfonamides is 1. The van der Waals surface area contributed by atoms with Crippen LogP contribution in [0.4, 0.5) is 10.1 Å². The Kier molecular flexibility index (Phi) is 6.30. The Morgan fingerprint density at radius 3 is 2.56 bits per heavy atom. The molecule has 1 atom stereocenters. The Labute approximate surface area is 206 Å². The number of nitrogens with two attached hydrogens (primary N) is 1. The van der Waals surface area contributed by atoms with Gasteiger partial charge in [0.2, 0.25) is 5.88 Å². The molecule has 0 fully saturated rings. The monoisotopic (exact) mass is 512 g/mol. The van der Waals surface area contributed by atoms with E-state index in [0.29, 0.717) is 10.1 Å². The van der Waals surface area contributed by atoms with E-state index in [2.05, 4.69) is 4.98 Å². The fraction of sp³-hybridized carbons (Fsp3) is 0.208. The molecular weight excluding hydrogens is 491 g/mol. The highest BCUT2D eigenvalue weighted by molar-refractivity contribution is 7.93. The van der Waals surface area contributed by atoms with Crippen LogP contribution in [-0.4, -0.2) is 40.1 Å². The summed E-state index contributed by atoms with van der Waals surface area (Å²) in [5, 5.41) is 9.40. The molecule has 2 heterocycles. The maximum Gasteiger partial charge on any atom is 0.274 e. The SMILES string of the molecule is CCOc1ncccc1C1(N)C(=O)N(S(=O)(=O)c2ccc(OC)cc2OC)c2cc(F)c(C#N)cc21. The first-order valence-corrected chi connectivity index (χ1v) is 12.0. The summed E-state index contributed by atoms with van der Waals surface area (Å²) >= 11 is 0. The minimum Gasteiger partial charge on any atom is -0.497 e. The Morgan fingerprint density at radius 1 is 1.17 bits per heavy atom. The van der Waals surface area contributed by atoms with Crippen molar-refractivity contribution >= 4 is 21.6 Å². The second-order valence-electron chi connectivity index (χ2n) is 7.65. The summed E-state index contributed by atoms with van der Waals surface area (Å²) < 4.78 is 58.8. The first kappa shape index (κ1) is 24.9. The van der Waals surface area contributed by atoms with Crippen LogP contribution >= 0.6 is 0 Å². The number of benzene rings is 2. The van der Waals surface area contributed by atoms with E-state index in [4.69, 9.17) is 19.9 Å². The van der Waals surface area contributed by atoms with E-state index in [-0.39, 0.29) is 39.9 Å².